The molecule has 0 saturated heterocycles. The summed E-state index contributed by atoms with van der Waals surface area (Å²) in [5.74, 6) is -1.41. The molecule has 4 amide bonds. The molecule has 9 nitrogen and oxygen atoms in total. The van der Waals surface area contributed by atoms with E-state index in [1.165, 1.54) is 35.4 Å². The Bertz CT molecular complexity index is 804. The molecule has 0 saturated carbocycles. The highest BCUT2D eigenvalue weighted by molar-refractivity contribution is 7.99. The van der Waals surface area contributed by atoms with E-state index in [1.54, 1.807) is 0 Å². The minimum atomic E-state index is -1.16. The SMILES string of the molecule is C.CC(=O)NC(CCNC(N)=O)C(=O)N[C@@H](CSC/C=C(\C)CC/C=C(\C)CCC=C(C)C)C(=O)O. The van der Waals surface area contributed by atoms with Gasteiger partial charge in [0.15, 0.2) is 0 Å². The van der Waals surface area contributed by atoms with Crippen molar-refractivity contribution in [3.8, 4) is 0 Å². The average Bonchev–Trinajstić information content (AvgIpc) is 2.74. The molecule has 206 valence electrons. The van der Waals surface area contributed by atoms with Crippen LogP contribution in [-0.2, 0) is 14.4 Å². The van der Waals surface area contributed by atoms with Crippen molar-refractivity contribution >= 4 is 35.6 Å². The van der Waals surface area contributed by atoms with Crippen LogP contribution in [0.4, 0.5) is 4.79 Å². The highest BCUT2D eigenvalue weighted by atomic mass is 32.2. The molecular weight excluding hydrogens is 480 g/mol. The van der Waals surface area contributed by atoms with Gasteiger partial charge in [0.1, 0.15) is 12.1 Å². The maximum absolute atomic E-state index is 12.5. The quantitative estimate of drug-likeness (QED) is 0.143. The zero-order chi connectivity index (χ0) is 26.8. The van der Waals surface area contributed by atoms with E-state index in [-0.39, 0.29) is 26.1 Å². The second-order valence-corrected chi connectivity index (χ2v) is 9.80. The van der Waals surface area contributed by atoms with Crippen LogP contribution in [0.2, 0.25) is 0 Å². The topological polar surface area (TPSA) is 151 Å². The van der Waals surface area contributed by atoms with Crippen LogP contribution in [0.3, 0.4) is 0 Å². The van der Waals surface area contributed by atoms with Crippen molar-refractivity contribution in [3.05, 3.63) is 34.9 Å². The fourth-order valence-electron chi connectivity index (χ4n) is 3.03. The van der Waals surface area contributed by atoms with E-state index in [4.69, 9.17) is 5.73 Å². The predicted octanol–water partition coefficient (Wildman–Crippen LogP) is 3.91. The van der Waals surface area contributed by atoms with Gasteiger partial charge in [0.05, 0.1) is 0 Å². The largest absolute Gasteiger partial charge is 0.480 e. The first-order chi connectivity index (χ1) is 16.4. The molecule has 0 aromatic carbocycles. The molecule has 2 atom stereocenters. The number of nitrogens with two attached hydrogens (primary N) is 1. The van der Waals surface area contributed by atoms with E-state index in [9.17, 15) is 24.3 Å². The summed E-state index contributed by atoms with van der Waals surface area (Å²) < 4.78 is 0. The third kappa shape index (κ3) is 19.5. The Labute approximate surface area is 220 Å². The molecule has 0 fully saturated rings. The van der Waals surface area contributed by atoms with Crippen LogP contribution in [0.5, 0.6) is 0 Å². The Morgan fingerprint density at radius 3 is 2.00 bits per heavy atom. The van der Waals surface area contributed by atoms with Crippen LogP contribution in [-0.4, -0.2) is 59.1 Å². The molecule has 0 aliphatic rings. The van der Waals surface area contributed by atoms with Gasteiger partial charge in [-0.2, -0.15) is 11.8 Å². The molecule has 0 heterocycles. The summed E-state index contributed by atoms with van der Waals surface area (Å²) in [7, 11) is 0. The number of carboxylic acids is 1. The first-order valence-corrected chi connectivity index (χ1v) is 12.9. The van der Waals surface area contributed by atoms with Crippen molar-refractivity contribution in [3.63, 3.8) is 0 Å². The highest BCUT2D eigenvalue weighted by Gasteiger charge is 2.25. The number of aliphatic carboxylic acids is 1. The van der Waals surface area contributed by atoms with Crippen LogP contribution in [0.25, 0.3) is 0 Å². The highest BCUT2D eigenvalue weighted by Crippen LogP contribution is 2.13. The Balaban J connectivity index is 0. The van der Waals surface area contributed by atoms with Gasteiger partial charge in [-0.15, -0.1) is 0 Å². The van der Waals surface area contributed by atoms with Gasteiger partial charge in [-0.1, -0.05) is 42.4 Å². The zero-order valence-corrected chi connectivity index (χ0v) is 22.4. The number of allylic oxidation sites excluding steroid dienone is 5. The number of nitrogens with one attached hydrogen (secondary N) is 3. The van der Waals surface area contributed by atoms with Crippen molar-refractivity contribution in [2.75, 3.05) is 18.1 Å². The molecule has 0 aromatic heterocycles. The number of carboxylic acid groups (broad SMARTS) is 1. The summed E-state index contributed by atoms with van der Waals surface area (Å²) in [5, 5.41) is 16.8. The monoisotopic (exact) mass is 526 g/mol. The molecule has 0 aromatic rings. The molecule has 6 N–H and O–H groups in total. The second kappa shape index (κ2) is 20.4. The van der Waals surface area contributed by atoms with Crippen LogP contribution < -0.4 is 21.7 Å². The van der Waals surface area contributed by atoms with Crippen LogP contribution in [0.1, 0.15) is 74.1 Å². The smallest absolute Gasteiger partial charge is 0.327 e. The summed E-state index contributed by atoms with van der Waals surface area (Å²) in [6, 6.07) is -2.83. The number of carbonyl (C=O) groups excluding carboxylic acids is 3. The van der Waals surface area contributed by atoms with Crippen molar-refractivity contribution in [2.24, 2.45) is 5.73 Å². The number of hydrogen-bond acceptors (Lipinski definition) is 5. The molecule has 1 unspecified atom stereocenters. The summed E-state index contributed by atoms with van der Waals surface area (Å²) in [6.45, 7) is 9.73. The molecule has 0 spiro atoms. The van der Waals surface area contributed by atoms with Crippen molar-refractivity contribution in [2.45, 2.75) is 86.2 Å². The van der Waals surface area contributed by atoms with Crippen molar-refractivity contribution in [1.29, 1.82) is 0 Å². The van der Waals surface area contributed by atoms with E-state index < -0.39 is 35.9 Å². The number of amides is 4. The third-order valence-electron chi connectivity index (χ3n) is 5.00. The average molecular weight is 527 g/mol. The maximum atomic E-state index is 12.5. The molecule has 36 heavy (non-hydrogen) atoms. The van der Waals surface area contributed by atoms with Gasteiger partial charge in [-0.25, -0.2) is 9.59 Å². The summed E-state index contributed by atoms with van der Waals surface area (Å²) in [5.41, 5.74) is 8.95. The molecular formula is C26H46N4O5S. The van der Waals surface area contributed by atoms with Crippen molar-refractivity contribution in [1.82, 2.24) is 16.0 Å². The van der Waals surface area contributed by atoms with Gasteiger partial charge in [0.2, 0.25) is 11.8 Å². The van der Waals surface area contributed by atoms with Crippen LogP contribution in [0, 0.1) is 0 Å². The van der Waals surface area contributed by atoms with E-state index >= 15 is 0 Å². The van der Waals surface area contributed by atoms with Gasteiger partial charge in [0, 0.05) is 25.0 Å². The normalized spacial score (nSPS) is 13.0. The number of urea groups is 1. The van der Waals surface area contributed by atoms with Gasteiger partial charge in [-0.3, -0.25) is 9.59 Å². The Hall–Kier alpha value is -2.75. The lowest BCUT2D eigenvalue weighted by molar-refractivity contribution is -0.141. The van der Waals surface area contributed by atoms with Gasteiger partial charge in [-0.05, 0) is 59.8 Å². The summed E-state index contributed by atoms with van der Waals surface area (Å²) >= 11 is 1.41. The fourth-order valence-corrected chi connectivity index (χ4v) is 4.03. The molecule has 0 aliphatic carbocycles. The van der Waals surface area contributed by atoms with Gasteiger partial charge in [0.25, 0.3) is 0 Å². The Morgan fingerprint density at radius 2 is 1.47 bits per heavy atom. The molecule has 0 bridgehead atoms. The van der Waals surface area contributed by atoms with Crippen molar-refractivity contribution < 1.29 is 24.3 Å². The lowest BCUT2D eigenvalue weighted by Gasteiger charge is -2.21. The minimum absolute atomic E-state index is 0. The van der Waals surface area contributed by atoms with E-state index in [1.807, 2.05) is 0 Å². The maximum Gasteiger partial charge on any atom is 0.327 e. The number of hydrogen-bond donors (Lipinski definition) is 5. The van der Waals surface area contributed by atoms with Gasteiger partial charge >= 0.3 is 12.0 Å². The zero-order valence-electron chi connectivity index (χ0n) is 21.6. The third-order valence-corrected chi connectivity index (χ3v) is 5.97. The predicted molar refractivity (Wildman–Crippen MR) is 149 cm³/mol. The van der Waals surface area contributed by atoms with E-state index in [0.717, 1.165) is 25.7 Å². The van der Waals surface area contributed by atoms with Gasteiger partial charge < -0.3 is 26.8 Å². The lowest BCUT2D eigenvalue weighted by atomic mass is 10.1. The lowest BCUT2D eigenvalue weighted by Crippen LogP contribution is -2.53. The van der Waals surface area contributed by atoms with E-state index in [0.29, 0.717) is 5.75 Å². The second-order valence-electron chi connectivity index (χ2n) is 8.73. The number of carbonyl (C=O) groups is 4. The summed E-state index contributed by atoms with van der Waals surface area (Å²) in [6.07, 6.45) is 10.7. The number of primary amides is 1. The fraction of sp³-hybridized carbons (Fsp3) is 0.615. The Kier molecular flexibility index (Phi) is 20.1. The molecule has 10 heteroatoms. The molecule has 0 rings (SSSR count). The minimum Gasteiger partial charge on any atom is -0.480 e. The standard InChI is InChI=1S/C25H42N4O5S.CH4/c1-17(2)8-6-9-18(3)10-7-11-19(4)13-15-35-16-22(24(32)33)29-23(31)21(28-20(5)30)12-14-27-25(26)34;/h8,10,13,21-22H,6-7,9,11-12,14-16H2,1-5H3,(H,28,30)(H,29,31)(H,32,33)(H3,26,27,34);1H4/b18-10+,19-13+;/t21?,22-;/m0./s1. The van der Waals surface area contributed by atoms with Crippen LogP contribution in [0.15, 0.2) is 34.9 Å². The van der Waals surface area contributed by atoms with E-state index in [2.05, 4.69) is 61.9 Å². The molecule has 0 radical (unpaired) electrons. The number of rotatable bonds is 17. The first-order valence-electron chi connectivity index (χ1n) is 11.8. The number of thioether (sulfide) groups is 1. The first kappa shape index (κ1) is 35.4. The van der Waals surface area contributed by atoms with Crippen LogP contribution >= 0.6 is 11.8 Å². The Morgan fingerprint density at radius 1 is 0.889 bits per heavy atom. The summed E-state index contributed by atoms with van der Waals surface area (Å²) in [4.78, 5) is 46.3. The molecule has 0 aliphatic heterocycles.